The average Bonchev–Trinajstić information content (AvgIpc) is 2.79. The molecule has 17 heavy (non-hydrogen) atoms. The van der Waals surface area contributed by atoms with Crippen molar-refractivity contribution in [1.29, 1.82) is 5.26 Å². The minimum absolute atomic E-state index is 0.315. The van der Waals surface area contributed by atoms with Crippen molar-refractivity contribution in [2.24, 2.45) is 0 Å². The molecule has 1 aromatic rings. The van der Waals surface area contributed by atoms with E-state index in [0.717, 1.165) is 12.8 Å². The zero-order chi connectivity index (χ0) is 12.3. The van der Waals surface area contributed by atoms with Crippen LogP contribution in [0.4, 0.5) is 0 Å². The normalized spacial score (nSPS) is 17.4. The molecule has 1 saturated carbocycles. The molecule has 0 bridgehead atoms. The maximum atomic E-state index is 12.0. The SMILES string of the molecule is N#CC1(NC(=O)c2cnccc2Cl)CCCC1. The van der Waals surface area contributed by atoms with Gasteiger partial charge in [-0.15, -0.1) is 0 Å². The molecule has 1 aliphatic rings. The highest BCUT2D eigenvalue weighted by atomic mass is 35.5. The summed E-state index contributed by atoms with van der Waals surface area (Å²) < 4.78 is 0. The van der Waals surface area contributed by atoms with Gasteiger partial charge in [0.25, 0.3) is 5.91 Å². The molecule has 2 rings (SSSR count). The van der Waals surface area contributed by atoms with Gasteiger partial charge >= 0.3 is 0 Å². The van der Waals surface area contributed by atoms with Gasteiger partial charge < -0.3 is 5.32 Å². The van der Waals surface area contributed by atoms with E-state index in [-0.39, 0.29) is 5.91 Å². The highest BCUT2D eigenvalue weighted by molar-refractivity contribution is 6.33. The second kappa shape index (κ2) is 4.72. The quantitative estimate of drug-likeness (QED) is 0.875. The lowest BCUT2D eigenvalue weighted by Gasteiger charge is -2.22. The molecule has 0 radical (unpaired) electrons. The molecular formula is C12H12ClN3O. The molecule has 1 amide bonds. The van der Waals surface area contributed by atoms with E-state index in [9.17, 15) is 4.79 Å². The Kier molecular flexibility index (Phi) is 3.30. The maximum absolute atomic E-state index is 12.0. The number of amides is 1. The fourth-order valence-corrected chi connectivity index (χ4v) is 2.26. The number of nitrogens with one attached hydrogen (secondary N) is 1. The molecule has 1 heterocycles. The molecule has 0 atom stereocenters. The van der Waals surface area contributed by atoms with Crippen molar-refractivity contribution in [3.05, 3.63) is 29.0 Å². The maximum Gasteiger partial charge on any atom is 0.255 e. The van der Waals surface area contributed by atoms with Crippen LogP contribution in [0.5, 0.6) is 0 Å². The molecule has 1 N–H and O–H groups in total. The van der Waals surface area contributed by atoms with Crippen LogP contribution in [0.1, 0.15) is 36.0 Å². The summed E-state index contributed by atoms with van der Waals surface area (Å²) in [5.41, 5.74) is -0.410. The van der Waals surface area contributed by atoms with Crippen LogP contribution < -0.4 is 5.32 Å². The van der Waals surface area contributed by atoms with Crippen molar-refractivity contribution < 1.29 is 4.79 Å². The van der Waals surface area contributed by atoms with Gasteiger partial charge in [0.2, 0.25) is 0 Å². The van der Waals surface area contributed by atoms with Crippen molar-refractivity contribution in [3.63, 3.8) is 0 Å². The summed E-state index contributed by atoms with van der Waals surface area (Å²) in [4.78, 5) is 15.9. The van der Waals surface area contributed by atoms with Crippen molar-refractivity contribution >= 4 is 17.5 Å². The second-order valence-corrected chi connectivity index (χ2v) is 4.62. The number of carbonyl (C=O) groups excluding carboxylic acids is 1. The molecule has 4 nitrogen and oxygen atoms in total. The van der Waals surface area contributed by atoms with E-state index >= 15 is 0 Å². The number of pyridine rings is 1. The van der Waals surface area contributed by atoms with Crippen LogP contribution in [0.2, 0.25) is 5.02 Å². The molecule has 0 unspecified atom stereocenters. The van der Waals surface area contributed by atoms with Crippen LogP contribution in [0.25, 0.3) is 0 Å². The molecule has 0 aromatic carbocycles. The van der Waals surface area contributed by atoms with Gasteiger partial charge in [-0.2, -0.15) is 5.26 Å². The summed E-state index contributed by atoms with van der Waals surface area (Å²) in [5.74, 6) is -0.327. The van der Waals surface area contributed by atoms with E-state index in [1.807, 2.05) is 0 Å². The lowest BCUT2D eigenvalue weighted by atomic mass is 9.99. The number of rotatable bonds is 2. The number of aromatic nitrogens is 1. The molecule has 0 saturated heterocycles. The van der Waals surface area contributed by atoms with Crippen molar-refractivity contribution in [2.75, 3.05) is 0 Å². The summed E-state index contributed by atoms with van der Waals surface area (Å²) in [6, 6.07) is 3.76. The van der Waals surface area contributed by atoms with E-state index in [2.05, 4.69) is 16.4 Å². The number of carbonyl (C=O) groups is 1. The fraction of sp³-hybridized carbons (Fsp3) is 0.417. The summed E-state index contributed by atoms with van der Waals surface area (Å²) in [5, 5.41) is 12.3. The van der Waals surface area contributed by atoms with Gasteiger partial charge in [0.1, 0.15) is 5.54 Å². The Balaban J connectivity index is 2.17. The van der Waals surface area contributed by atoms with Crippen LogP contribution in [0, 0.1) is 11.3 Å². The van der Waals surface area contributed by atoms with E-state index in [1.54, 1.807) is 6.07 Å². The predicted octanol–water partition coefficient (Wildman–Crippen LogP) is 2.30. The van der Waals surface area contributed by atoms with Gasteiger partial charge in [-0.3, -0.25) is 9.78 Å². The number of hydrogen-bond acceptors (Lipinski definition) is 3. The summed E-state index contributed by atoms with van der Waals surface area (Å²) >= 11 is 5.91. The molecule has 1 fully saturated rings. The third-order valence-corrected chi connectivity index (χ3v) is 3.37. The molecule has 1 aromatic heterocycles. The van der Waals surface area contributed by atoms with Gasteiger partial charge in [-0.1, -0.05) is 11.6 Å². The first-order chi connectivity index (χ1) is 8.17. The van der Waals surface area contributed by atoms with Crippen molar-refractivity contribution in [1.82, 2.24) is 10.3 Å². The minimum atomic E-state index is -0.726. The molecule has 1 aliphatic carbocycles. The van der Waals surface area contributed by atoms with Crippen LogP contribution in [-0.2, 0) is 0 Å². The highest BCUT2D eigenvalue weighted by Crippen LogP contribution is 2.29. The third kappa shape index (κ3) is 2.40. The van der Waals surface area contributed by atoms with Gasteiger partial charge in [0.15, 0.2) is 0 Å². The Bertz CT molecular complexity index is 475. The van der Waals surface area contributed by atoms with Crippen molar-refractivity contribution in [3.8, 4) is 6.07 Å². The van der Waals surface area contributed by atoms with Gasteiger partial charge in [-0.05, 0) is 31.7 Å². The zero-order valence-corrected chi connectivity index (χ0v) is 10.00. The molecule has 88 valence electrons. The Morgan fingerprint density at radius 2 is 2.24 bits per heavy atom. The van der Waals surface area contributed by atoms with E-state index < -0.39 is 5.54 Å². The summed E-state index contributed by atoms with van der Waals surface area (Å²) in [6.45, 7) is 0. The Hall–Kier alpha value is -1.60. The first-order valence-electron chi connectivity index (χ1n) is 5.50. The lowest BCUT2D eigenvalue weighted by molar-refractivity contribution is 0.0920. The Morgan fingerprint density at radius 1 is 1.53 bits per heavy atom. The number of nitriles is 1. The van der Waals surface area contributed by atoms with E-state index in [1.165, 1.54) is 12.4 Å². The minimum Gasteiger partial charge on any atom is -0.334 e. The molecule has 5 heteroatoms. The van der Waals surface area contributed by atoms with E-state index in [0.29, 0.717) is 23.4 Å². The van der Waals surface area contributed by atoms with Crippen molar-refractivity contribution in [2.45, 2.75) is 31.2 Å². The summed E-state index contributed by atoms with van der Waals surface area (Å²) in [6.07, 6.45) is 6.27. The van der Waals surface area contributed by atoms with Gasteiger partial charge in [0, 0.05) is 12.4 Å². The monoisotopic (exact) mass is 249 g/mol. The average molecular weight is 250 g/mol. The standard InChI is InChI=1S/C12H12ClN3O/c13-10-3-6-15-7-9(10)11(17)16-12(8-14)4-1-2-5-12/h3,6-7H,1-2,4-5H2,(H,16,17). The molecule has 0 aliphatic heterocycles. The molecule has 0 spiro atoms. The largest absolute Gasteiger partial charge is 0.334 e. The Morgan fingerprint density at radius 3 is 2.82 bits per heavy atom. The third-order valence-electron chi connectivity index (χ3n) is 3.04. The zero-order valence-electron chi connectivity index (χ0n) is 9.24. The second-order valence-electron chi connectivity index (χ2n) is 4.21. The Labute approximate surface area is 105 Å². The van der Waals surface area contributed by atoms with Crippen LogP contribution >= 0.6 is 11.6 Å². The van der Waals surface area contributed by atoms with Crippen LogP contribution in [-0.4, -0.2) is 16.4 Å². The number of halogens is 1. The van der Waals surface area contributed by atoms with Gasteiger partial charge in [-0.25, -0.2) is 0 Å². The fourth-order valence-electron chi connectivity index (χ4n) is 2.07. The highest BCUT2D eigenvalue weighted by Gasteiger charge is 2.35. The van der Waals surface area contributed by atoms with Crippen LogP contribution in [0.3, 0.4) is 0 Å². The first-order valence-corrected chi connectivity index (χ1v) is 5.88. The smallest absolute Gasteiger partial charge is 0.255 e. The van der Waals surface area contributed by atoms with Gasteiger partial charge in [0.05, 0.1) is 16.7 Å². The van der Waals surface area contributed by atoms with E-state index in [4.69, 9.17) is 16.9 Å². The number of nitrogens with zero attached hydrogens (tertiary/aromatic N) is 2. The molecular weight excluding hydrogens is 238 g/mol. The first kappa shape index (κ1) is 11.9. The lowest BCUT2D eigenvalue weighted by Crippen LogP contribution is -2.45. The topological polar surface area (TPSA) is 65.8 Å². The van der Waals surface area contributed by atoms with Crippen LogP contribution in [0.15, 0.2) is 18.5 Å². The summed E-state index contributed by atoms with van der Waals surface area (Å²) in [7, 11) is 0. The number of hydrogen-bond donors (Lipinski definition) is 1. The predicted molar refractivity (Wildman–Crippen MR) is 63.5 cm³/mol.